The lowest BCUT2D eigenvalue weighted by atomic mass is 10.2. The van der Waals surface area contributed by atoms with E-state index in [0.29, 0.717) is 12.2 Å². The van der Waals surface area contributed by atoms with Crippen LogP contribution in [-0.2, 0) is 11.3 Å². The summed E-state index contributed by atoms with van der Waals surface area (Å²) in [4.78, 5) is 27.9. The highest BCUT2D eigenvalue weighted by atomic mass is 16.5. The number of rotatable bonds is 5. The summed E-state index contributed by atoms with van der Waals surface area (Å²) in [5.74, 6) is -0.409. The van der Waals surface area contributed by atoms with Gasteiger partial charge in [-0.25, -0.2) is 0 Å². The molecule has 0 aliphatic carbocycles. The van der Waals surface area contributed by atoms with Crippen molar-refractivity contribution in [2.75, 3.05) is 23.3 Å². The predicted octanol–water partition coefficient (Wildman–Crippen LogP) is 3.76. The molecule has 3 aromatic rings. The van der Waals surface area contributed by atoms with Crippen LogP contribution in [0.15, 0.2) is 77.7 Å². The maximum absolute atomic E-state index is 12.8. The number of anilines is 2. The van der Waals surface area contributed by atoms with Crippen molar-refractivity contribution in [1.82, 2.24) is 4.57 Å². The number of carbonyl (C=O) groups is 1. The lowest BCUT2D eigenvalue weighted by Gasteiger charge is -2.36. The number of pyridine rings is 1. The third-order valence-corrected chi connectivity index (χ3v) is 5.37. The predicted molar refractivity (Wildman–Crippen MR) is 123 cm³/mol. The number of ether oxygens (including phenoxy) is 1. The summed E-state index contributed by atoms with van der Waals surface area (Å²) in [6.45, 7) is 6.23. The van der Waals surface area contributed by atoms with Gasteiger partial charge < -0.3 is 19.5 Å². The maximum atomic E-state index is 12.8. The molecule has 2 heterocycles. The summed E-state index contributed by atoms with van der Waals surface area (Å²) in [6, 6.07) is 20.7. The van der Waals surface area contributed by atoms with Gasteiger partial charge in [-0.1, -0.05) is 30.3 Å². The van der Waals surface area contributed by atoms with Gasteiger partial charge in [0.05, 0.1) is 18.8 Å². The highest BCUT2D eigenvalue weighted by molar-refractivity contribution is 6.04. The van der Waals surface area contributed by atoms with Gasteiger partial charge in [0.1, 0.15) is 5.56 Å². The van der Waals surface area contributed by atoms with Gasteiger partial charge in [-0.3, -0.25) is 9.59 Å². The molecule has 6 heteroatoms. The summed E-state index contributed by atoms with van der Waals surface area (Å²) < 4.78 is 7.34. The third kappa shape index (κ3) is 5.03. The Morgan fingerprint density at radius 2 is 1.65 bits per heavy atom. The van der Waals surface area contributed by atoms with Crippen LogP contribution in [0.5, 0.6) is 0 Å². The van der Waals surface area contributed by atoms with E-state index < -0.39 is 5.91 Å². The van der Waals surface area contributed by atoms with Crippen LogP contribution in [0.25, 0.3) is 0 Å². The Balaban J connectivity index is 1.46. The molecule has 0 radical (unpaired) electrons. The average molecular weight is 418 g/mol. The molecular weight excluding hydrogens is 390 g/mol. The summed E-state index contributed by atoms with van der Waals surface area (Å²) in [6.07, 6.45) is 2.06. The van der Waals surface area contributed by atoms with E-state index in [0.717, 1.165) is 24.3 Å². The largest absolute Gasteiger partial charge is 0.372 e. The zero-order valence-corrected chi connectivity index (χ0v) is 17.8. The van der Waals surface area contributed by atoms with Gasteiger partial charge in [-0.05, 0) is 55.8 Å². The van der Waals surface area contributed by atoms with Crippen molar-refractivity contribution in [3.05, 3.63) is 94.4 Å². The molecular formula is C25H27N3O3. The summed E-state index contributed by atoms with van der Waals surface area (Å²) in [5, 5.41) is 2.84. The van der Waals surface area contributed by atoms with Gasteiger partial charge in [-0.2, -0.15) is 0 Å². The van der Waals surface area contributed by atoms with E-state index in [1.807, 2.05) is 54.6 Å². The van der Waals surface area contributed by atoms with Gasteiger partial charge in [0.15, 0.2) is 0 Å². The maximum Gasteiger partial charge on any atom is 0.263 e. The molecule has 2 aromatic carbocycles. The molecule has 1 fully saturated rings. The molecule has 0 saturated carbocycles. The first-order chi connectivity index (χ1) is 15.0. The fraction of sp³-hybridized carbons (Fsp3) is 0.280. The molecule has 160 valence electrons. The second kappa shape index (κ2) is 9.18. The normalized spacial score (nSPS) is 18.6. The van der Waals surface area contributed by atoms with Gasteiger partial charge in [-0.15, -0.1) is 0 Å². The minimum atomic E-state index is -0.409. The zero-order chi connectivity index (χ0) is 21.8. The number of nitrogens with zero attached hydrogens (tertiary/aromatic N) is 2. The number of aromatic nitrogens is 1. The number of morpholine rings is 1. The van der Waals surface area contributed by atoms with Gasteiger partial charge in [0, 0.05) is 30.7 Å². The smallest absolute Gasteiger partial charge is 0.263 e. The van der Waals surface area contributed by atoms with Crippen LogP contribution in [0, 0.1) is 0 Å². The number of nitrogens with one attached hydrogen (secondary N) is 1. The van der Waals surface area contributed by atoms with Crippen molar-refractivity contribution in [3.8, 4) is 0 Å². The highest BCUT2D eigenvalue weighted by Gasteiger charge is 2.22. The van der Waals surface area contributed by atoms with E-state index in [9.17, 15) is 9.59 Å². The Hall–Kier alpha value is -3.38. The van der Waals surface area contributed by atoms with Crippen molar-refractivity contribution in [2.45, 2.75) is 32.6 Å². The standard InChI is InChI=1S/C25H27N3O3/c1-18-15-28(16-19(2)31-18)22-12-10-21(11-13-22)26-24(29)23-9-6-14-27(25(23)30)17-20-7-4-3-5-8-20/h3-14,18-19H,15-17H2,1-2H3,(H,26,29). The molecule has 0 bridgehead atoms. The average Bonchev–Trinajstić information content (AvgIpc) is 2.76. The minimum Gasteiger partial charge on any atom is -0.372 e. The number of carbonyl (C=O) groups excluding carboxylic acids is 1. The number of benzene rings is 2. The van der Waals surface area contributed by atoms with Crippen LogP contribution in [0.2, 0.25) is 0 Å². The molecule has 2 atom stereocenters. The van der Waals surface area contributed by atoms with Gasteiger partial charge in [0.2, 0.25) is 0 Å². The van der Waals surface area contributed by atoms with Crippen LogP contribution in [0.4, 0.5) is 11.4 Å². The quantitative estimate of drug-likeness (QED) is 0.687. The minimum absolute atomic E-state index is 0.123. The molecule has 2 unspecified atom stereocenters. The fourth-order valence-electron chi connectivity index (χ4n) is 3.96. The van der Waals surface area contributed by atoms with Crippen LogP contribution in [-0.4, -0.2) is 35.8 Å². The van der Waals surface area contributed by atoms with E-state index in [4.69, 9.17) is 4.74 Å². The Labute approximate surface area is 182 Å². The summed E-state index contributed by atoms with van der Waals surface area (Å²) in [5.41, 5.74) is 2.56. The molecule has 1 N–H and O–H groups in total. The van der Waals surface area contributed by atoms with Gasteiger partial charge in [0.25, 0.3) is 11.5 Å². The van der Waals surface area contributed by atoms with Crippen LogP contribution in [0.3, 0.4) is 0 Å². The Kier molecular flexibility index (Phi) is 6.18. The van der Waals surface area contributed by atoms with Crippen molar-refractivity contribution >= 4 is 17.3 Å². The highest BCUT2D eigenvalue weighted by Crippen LogP contribution is 2.22. The van der Waals surface area contributed by atoms with Gasteiger partial charge >= 0.3 is 0 Å². The number of amides is 1. The molecule has 6 nitrogen and oxygen atoms in total. The lowest BCUT2D eigenvalue weighted by molar-refractivity contribution is -0.00521. The van der Waals surface area contributed by atoms with Crippen molar-refractivity contribution in [3.63, 3.8) is 0 Å². The number of hydrogen-bond donors (Lipinski definition) is 1. The van der Waals surface area contributed by atoms with Crippen LogP contribution >= 0.6 is 0 Å². The summed E-state index contributed by atoms with van der Waals surface area (Å²) >= 11 is 0. The van der Waals surface area contributed by atoms with Crippen molar-refractivity contribution in [2.24, 2.45) is 0 Å². The Morgan fingerprint density at radius 3 is 2.32 bits per heavy atom. The first-order valence-corrected chi connectivity index (χ1v) is 10.5. The zero-order valence-electron chi connectivity index (χ0n) is 17.8. The Bertz CT molecular complexity index is 1080. The SMILES string of the molecule is CC1CN(c2ccc(NC(=O)c3cccn(Cc4ccccc4)c3=O)cc2)CC(C)O1. The third-order valence-electron chi connectivity index (χ3n) is 5.37. The molecule has 0 spiro atoms. The van der Waals surface area contributed by atoms with Crippen LogP contribution < -0.4 is 15.8 Å². The molecule has 31 heavy (non-hydrogen) atoms. The Morgan fingerprint density at radius 1 is 0.968 bits per heavy atom. The monoisotopic (exact) mass is 417 g/mol. The van der Waals surface area contributed by atoms with Crippen molar-refractivity contribution < 1.29 is 9.53 Å². The molecule has 1 aliphatic rings. The number of hydrogen-bond acceptors (Lipinski definition) is 4. The van der Waals surface area contributed by atoms with Crippen molar-refractivity contribution in [1.29, 1.82) is 0 Å². The van der Waals surface area contributed by atoms with E-state index in [2.05, 4.69) is 24.1 Å². The van der Waals surface area contributed by atoms with E-state index >= 15 is 0 Å². The second-order valence-electron chi connectivity index (χ2n) is 8.00. The fourth-order valence-corrected chi connectivity index (χ4v) is 3.96. The van der Waals surface area contributed by atoms with E-state index in [-0.39, 0.29) is 23.3 Å². The van der Waals surface area contributed by atoms with E-state index in [1.54, 1.807) is 22.9 Å². The van der Waals surface area contributed by atoms with Crippen LogP contribution in [0.1, 0.15) is 29.8 Å². The van der Waals surface area contributed by atoms with E-state index in [1.165, 1.54) is 0 Å². The topological polar surface area (TPSA) is 63.6 Å². The molecule has 4 rings (SSSR count). The molecule has 1 aromatic heterocycles. The lowest BCUT2D eigenvalue weighted by Crippen LogP contribution is -2.45. The molecule has 1 aliphatic heterocycles. The molecule has 1 amide bonds. The summed E-state index contributed by atoms with van der Waals surface area (Å²) in [7, 11) is 0. The second-order valence-corrected chi connectivity index (χ2v) is 8.00. The first-order valence-electron chi connectivity index (χ1n) is 10.5. The molecule has 1 saturated heterocycles. The first kappa shape index (κ1) is 20.9.